The van der Waals surface area contributed by atoms with Crippen LogP contribution in [0, 0.1) is 0 Å². The SMILES string of the molecule is CC(C)(C)OC(=O)N1CCN2CC(OCc3c(-c4c(Cl)cccc4Cl)noc3C3CC3)C[C@@H]2C1. The lowest BCUT2D eigenvalue weighted by Gasteiger charge is -2.37. The fraction of sp³-hybridized carbons (Fsp3) is 0.600. The van der Waals surface area contributed by atoms with Gasteiger partial charge in [-0.3, -0.25) is 4.90 Å². The highest BCUT2D eigenvalue weighted by Crippen LogP contribution is 2.46. The van der Waals surface area contributed by atoms with Gasteiger partial charge in [0, 0.05) is 49.3 Å². The van der Waals surface area contributed by atoms with Crippen molar-refractivity contribution in [3.63, 3.8) is 0 Å². The second kappa shape index (κ2) is 9.34. The van der Waals surface area contributed by atoms with Gasteiger partial charge in [-0.25, -0.2) is 4.79 Å². The molecule has 2 atom stereocenters. The summed E-state index contributed by atoms with van der Waals surface area (Å²) >= 11 is 12.9. The van der Waals surface area contributed by atoms with Crippen molar-refractivity contribution in [2.24, 2.45) is 0 Å². The second-order valence-corrected chi connectivity index (χ2v) is 11.3. The monoisotopic (exact) mass is 507 g/mol. The molecule has 2 saturated heterocycles. The number of fused-ring (bicyclic) bond motifs is 1. The van der Waals surface area contributed by atoms with Gasteiger partial charge >= 0.3 is 6.09 Å². The highest BCUT2D eigenvalue weighted by atomic mass is 35.5. The van der Waals surface area contributed by atoms with Crippen LogP contribution in [0.5, 0.6) is 0 Å². The summed E-state index contributed by atoms with van der Waals surface area (Å²) in [5.74, 6) is 1.27. The normalized spacial score (nSPS) is 23.3. The van der Waals surface area contributed by atoms with E-state index in [1.807, 2.05) is 43.9 Å². The molecule has 0 N–H and O–H groups in total. The van der Waals surface area contributed by atoms with E-state index in [9.17, 15) is 4.79 Å². The molecule has 3 fully saturated rings. The van der Waals surface area contributed by atoms with E-state index in [4.69, 9.17) is 37.2 Å². The third-order valence-corrected chi connectivity index (χ3v) is 7.29. The van der Waals surface area contributed by atoms with Crippen molar-refractivity contribution >= 4 is 29.3 Å². The molecule has 0 radical (unpaired) electrons. The lowest BCUT2D eigenvalue weighted by atomic mass is 10.0. The van der Waals surface area contributed by atoms with Crippen LogP contribution in [0.4, 0.5) is 4.79 Å². The molecule has 9 heteroatoms. The number of rotatable bonds is 5. The summed E-state index contributed by atoms with van der Waals surface area (Å²) in [7, 11) is 0. The third-order valence-electron chi connectivity index (χ3n) is 6.66. The van der Waals surface area contributed by atoms with E-state index in [0.717, 1.165) is 43.7 Å². The Balaban J connectivity index is 1.26. The predicted octanol–water partition coefficient (Wildman–Crippen LogP) is 5.74. The molecule has 3 heterocycles. The summed E-state index contributed by atoms with van der Waals surface area (Å²) in [6, 6.07) is 5.71. The molecule has 1 unspecified atom stereocenters. The van der Waals surface area contributed by atoms with Crippen LogP contribution in [0.1, 0.15) is 57.3 Å². The number of hydrogen-bond donors (Lipinski definition) is 0. The van der Waals surface area contributed by atoms with Gasteiger partial charge in [0.1, 0.15) is 17.1 Å². The van der Waals surface area contributed by atoms with Gasteiger partial charge in [0.2, 0.25) is 0 Å². The maximum absolute atomic E-state index is 12.5. The number of amides is 1. The number of carbonyl (C=O) groups is 1. The predicted molar refractivity (Wildman–Crippen MR) is 130 cm³/mol. The standard InChI is InChI=1S/C25H31Cl2N3O4/c1-25(2,3)33-24(31)30-10-9-29-13-17(11-16(29)12-30)32-14-18-22(28-34-23(18)15-7-8-15)21-19(26)5-4-6-20(21)27/h4-6,15-17H,7-14H2,1-3H3/t16-,17?/m1/s1. The number of halogens is 2. The number of ether oxygens (including phenoxy) is 2. The van der Waals surface area contributed by atoms with Gasteiger partial charge in [0.15, 0.2) is 0 Å². The number of piperazine rings is 1. The summed E-state index contributed by atoms with van der Waals surface area (Å²) in [5, 5.41) is 5.44. The first-order chi connectivity index (χ1) is 16.2. The highest BCUT2D eigenvalue weighted by Gasteiger charge is 2.40. The zero-order valence-corrected chi connectivity index (χ0v) is 21.4. The van der Waals surface area contributed by atoms with Gasteiger partial charge in [-0.15, -0.1) is 0 Å². The van der Waals surface area contributed by atoms with Crippen LogP contribution in [-0.2, 0) is 16.1 Å². The van der Waals surface area contributed by atoms with Gasteiger partial charge in [0.05, 0.1) is 22.8 Å². The maximum atomic E-state index is 12.5. The lowest BCUT2D eigenvalue weighted by Crippen LogP contribution is -2.53. The second-order valence-electron chi connectivity index (χ2n) is 10.5. The molecule has 2 aromatic rings. The summed E-state index contributed by atoms with van der Waals surface area (Å²) in [5.41, 5.74) is 1.81. The highest BCUT2D eigenvalue weighted by molar-refractivity contribution is 6.39. The van der Waals surface area contributed by atoms with Crippen molar-refractivity contribution in [1.82, 2.24) is 15.0 Å². The van der Waals surface area contributed by atoms with Crippen molar-refractivity contribution in [3.05, 3.63) is 39.6 Å². The summed E-state index contributed by atoms with van der Waals surface area (Å²) in [6.45, 7) is 9.08. The van der Waals surface area contributed by atoms with E-state index in [1.165, 1.54) is 0 Å². The van der Waals surface area contributed by atoms with Crippen LogP contribution >= 0.6 is 23.2 Å². The Morgan fingerprint density at radius 1 is 1.18 bits per heavy atom. The van der Waals surface area contributed by atoms with Gasteiger partial charge < -0.3 is 18.9 Å². The maximum Gasteiger partial charge on any atom is 0.410 e. The largest absolute Gasteiger partial charge is 0.444 e. The molecular formula is C25H31Cl2N3O4. The number of carbonyl (C=O) groups excluding carboxylic acids is 1. The zero-order valence-electron chi connectivity index (χ0n) is 19.9. The Morgan fingerprint density at radius 3 is 2.59 bits per heavy atom. The minimum absolute atomic E-state index is 0.0695. The molecule has 34 heavy (non-hydrogen) atoms. The smallest absolute Gasteiger partial charge is 0.410 e. The van der Waals surface area contributed by atoms with E-state index in [0.29, 0.717) is 46.9 Å². The van der Waals surface area contributed by atoms with Crippen LogP contribution in [0.15, 0.2) is 22.7 Å². The van der Waals surface area contributed by atoms with Gasteiger partial charge in [-0.2, -0.15) is 0 Å². The molecule has 1 saturated carbocycles. The van der Waals surface area contributed by atoms with Crippen LogP contribution in [0.25, 0.3) is 11.3 Å². The first-order valence-corrected chi connectivity index (χ1v) is 12.7. The number of hydrogen-bond acceptors (Lipinski definition) is 6. The van der Waals surface area contributed by atoms with Crippen LogP contribution < -0.4 is 0 Å². The molecule has 0 bridgehead atoms. The van der Waals surface area contributed by atoms with Crippen molar-refractivity contribution in [3.8, 4) is 11.3 Å². The zero-order chi connectivity index (χ0) is 24.0. The molecule has 1 aliphatic carbocycles. The molecule has 1 aromatic carbocycles. The van der Waals surface area contributed by atoms with Gasteiger partial charge in [0.25, 0.3) is 0 Å². The summed E-state index contributed by atoms with van der Waals surface area (Å²) < 4.78 is 17.7. The van der Waals surface area contributed by atoms with Gasteiger partial charge in [-0.05, 0) is 52.2 Å². The first kappa shape index (κ1) is 23.9. The summed E-state index contributed by atoms with van der Waals surface area (Å²) in [4.78, 5) is 16.7. The molecule has 1 amide bonds. The van der Waals surface area contributed by atoms with Crippen LogP contribution in [0.3, 0.4) is 0 Å². The molecule has 3 aliphatic rings. The van der Waals surface area contributed by atoms with E-state index >= 15 is 0 Å². The molecule has 2 aliphatic heterocycles. The molecule has 184 valence electrons. The third kappa shape index (κ3) is 5.08. The quantitative estimate of drug-likeness (QED) is 0.514. The van der Waals surface area contributed by atoms with Crippen molar-refractivity contribution in [1.29, 1.82) is 0 Å². The number of nitrogens with zero attached hydrogens (tertiary/aromatic N) is 3. The molecule has 5 rings (SSSR count). The Morgan fingerprint density at radius 2 is 1.91 bits per heavy atom. The molecule has 1 aromatic heterocycles. The fourth-order valence-corrected chi connectivity index (χ4v) is 5.44. The minimum atomic E-state index is -0.490. The Bertz CT molecular complexity index is 1040. The van der Waals surface area contributed by atoms with Crippen molar-refractivity contribution in [2.75, 3.05) is 26.2 Å². The fourth-order valence-electron chi connectivity index (χ4n) is 4.86. The average molecular weight is 508 g/mol. The summed E-state index contributed by atoms with van der Waals surface area (Å²) in [6.07, 6.45) is 2.89. The van der Waals surface area contributed by atoms with Crippen LogP contribution in [-0.4, -0.2) is 65.0 Å². The van der Waals surface area contributed by atoms with E-state index < -0.39 is 5.60 Å². The Labute approximate surface area is 210 Å². The Kier molecular flexibility index (Phi) is 6.57. The molecular weight excluding hydrogens is 477 g/mol. The molecule has 7 nitrogen and oxygen atoms in total. The van der Waals surface area contributed by atoms with Crippen LogP contribution in [0.2, 0.25) is 10.0 Å². The van der Waals surface area contributed by atoms with E-state index in [1.54, 1.807) is 0 Å². The van der Waals surface area contributed by atoms with Crippen molar-refractivity contribution in [2.45, 2.75) is 70.3 Å². The average Bonchev–Trinajstić information content (AvgIpc) is 3.39. The van der Waals surface area contributed by atoms with Gasteiger partial charge in [-0.1, -0.05) is 34.4 Å². The van der Waals surface area contributed by atoms with E-state index in [2.05, 4.69) is 10.1 Å². The number of benzene rings is 1. The molecule has 0 spiro atoms. The van der Waals surface area contributed by atoms with E-state index in [-0.39, 0.29) is 18.2 Å². The van der Waals surface area contributed by atoms with Crippen molar-refractivity contribution < 1.29 is 18.8 Å². The minimum Gasteiger partial charge on any atom is -0.444 e. The Hall–Kier alpha value is -1.80. The first-order valence-electron chi connectivity index (χ1n) is 12.0. The number of aromatic nitrogens is 1. The topological polar surface area (TPSA) is 68.0 Å². The lowest BCUT2D eigenvalue weighted by molar-refractivity contribution is 0.00901.